The first-order valence-corrected chi connectivity index (χ1v) is 8.03. The number of alkyl halides is 2. The second-order valence-electron chi connectivity index (χ2n) is 5.91. The molecular weight excluding hydrogens is 328 g/mol. The quantitative estimate of drug-likeness (QED) is 0.785. The van der Waals surface area contributed by atoms with Gasteiger partial charge in [-0.05, 0) is 13.0 Å². The molecule has 4 heterocycles. The van der Waals surface area contributed by atoms with Gasteiger partial charge in [-0.15, -0.1) is 0 Å². The summed E-state index contributed by atoms with van der Waals surface area (Å²) in [6, 6.07) is 3.34. The number of aromatic amines is 1. The van der Waals surface area contributed by atoms with Gasteiger partial charge in [0.2, 0.25) is 0 Å². The molecule has 130 valence electrons. The molecule has 3 aromatic heterocycles. The van der Waals surface area contributed by atoms with E-state index < -0.39 is 6.43 Å². The fourth-order valence-corrected chi connectivity index (χ4v) is 3.11. The van der Waals surface area contributed by atoms with Crippen molar-refractivity contribution >= 4 is 22.7 Å². The van der Waals surface area contributed by atoms with Crippen LogP contribution in [0, 0.1) is 6.92 Å². The summed E-state index contributed by atoms with van der Waals surface area (Å²) < 4.78 is 25.9. The van der Waals surface area contributed by atoms with Crippen LogP contribution in [-0.4, -0.2) is 51.1 Å². The van der Waals surface area contributed by atoms with Gasteiger partial charge in [-0.1, -0.05) is 0 Å². The molecule has 9 heteroatoms. The minimum atomic E-state index is -2.59. The van der Waals surface area contributed by atoms with E-state index in [2.05, 4.69) is 29.8 Å². The highest BCUT2D eigenvalue weighted by molar-refractivity contribution is 5.87. The van der Waals surface area contributed by atoms with Crippen molar-refractivity contribution < 1.29 is 8.78 Å². The number of hydrogen-bond acceptors (Lipinski definition) is 6. The van der Waals surface area contributed by atoms with E-state index in [4.69, 9.17) is 0 Å². The molecule has 0 saturated carbocycles. The average molecular weight is 345 g/mol. The van der Waals surface area contributed by atoms with E-state index in [-0.39, 0.29) is 5.69 Å². The number of anilines is 2. The first-order valence-electron chi connectivity index (χ1n) is 8.03. The number of nitrogens with one attached hydrogen (secondary N) is 1. The maximum absolute atomic E-state index is 13.0. The van der Waals surface area contributed by atoms with Gasteiger partial charge in [-0.25, -0.2) is 28.7 Å². The van der Waals surface area contributed by atoms with E-state index in [1.807, 2.05) is 17.2 Å². The molecule has 0 radical (unpaired) electrons. The third kappa shape index (κ3) is 2.97. The molecule has 0 aliphatic carbocycles. The SMILES string of the molecule is Cc1nc(C(F)F)cc(N2CCN(c3ncnc4[nH]ccc34)CC2)n1. The number of H-pyrrole nitrogens is 1. The van der Waals surface area contributed by atoms with Crippen LogP contribution in [0.3, 0.4) is 0 Å². The summed E-state index contributed by atoms with van der Waals surface area (Å²) in [6.07, 6.45) is 0.794. The Bertz CT molecular complexity index is 887. The van der Waals surface area contributed by atoms with Crippen molar-refractivity contribution in [2.45, 2.75) is 13.3 Å². The molecule has 0 unspecified atom stereocenters. The van der Waals surface area contributed by atoms with Crippen LogP contribution in [0.2, 0.25) is 0 Å². The van der Waals surface area contributed by atoms with Gasteiger partial charge in [0.25, 0.3) is 6.43 Å². The molecule has 4 rings (SSSR count). The van der Waals surface area contributed by atoms with Crippen LogP contribution in [0.15, 0.2) is 24.7 Å². The number of rotatable bonds is 3. The zero-order valence-electron chi connectivity index (χ0n) is 13.7. The lowest BCUT2D eigenvalue weighted by atomic mass is 10.2. The summed E-state index contributed by atoms with van der Waals surface area (Å²) in [5.41, 5.74) is 0.579. The first-order chi connectivity index (χ1) is 12.1. The first kappa shape index (κ1) is 15.7. The number of hydrogen-bond donors (Lipinski definition) is 1. The highest BCUT2D eigenvalue weighted by Crippen LogP contribution is 2.25. The highest BCUT2D eigenvalue weighted by Gasteiger charge is 2.22. The molecule has 7 nitrogen and oxygen atoms in total. The summed E-state index contributed by atoms with van der Waals surface area (Å²) in [6.45, 7) is 4.44. The van der Waals surface area contributed by atoms with E-state index in [9.17, 15) is 8.78 Å². The van der Waals surface area contributed by atoms with Crippen LogP contribution in [0.1, 0.15) is 17.9 Å². The summed E-state index contributed by atoms with van der Waals surface area (Å²) in [5, 5.41) is 0.980. The van der Waals surface area contributed by atoms with Crippen molar-refractivity contribution in [3.63, 3.8) is 0 Å². The van der Waals surface area contributed by atoms with Gasteiger partial charge in [-0.3, -0.25) is 0 Å². The zero-order valence-corrected chi connectivity index (χ0v) is 13.7. The Morgan fingerprint density at radius 2 is 1.84 bits per heavy atom. The van der Waals surface area contributed by atoms with E-state index in [1.165, 1.54) is 6.07 Å². The van der Waals surface area contributed by atoms with E-state index >= 15 is 0 Å². The van der Waals surface area contributed by atoms with Crippen molar-refractivity contribution in [3.05, 3.63) is 36.2 Å². The van der Waals surface area contributed by atoms with Gasteiger partial charge in [-0.2, -0.15) is 0 Å². The van der Waals surface area contributed by atoms with E-state index in [1.54, 1.807) is 13.3 Å². The summed E-state index contributed by atoms with van der Waals surface area (Å²) in [5.74, 6) is 1.80. The molecule has 0 aromatic carbocycles. The van der Waals surface area contributed by atoms with Crippen LogP contribution < -0.4 is 9.80 Å². The Kier molecular flexibility index (Phi) is 3.90. The second-order valence-corrected chi connectivity index (χ2v) is 5.91. The molecule has 0 amide bonds. The molecule has 0 bridgehead atoms. The lowest BCUT2D eigenvalue weighted by Crippen LogP contribution is -2.47. The Labute approximate surface area is 142 Å². The Morgan fingerprint density at radius 3 is 2.60 bits per heavy atom. The van der Waals surface area contributed by atoms with Gasteiger partial charge in [0.15, 0.2) is 0 Å². The molecule has 3 aromatic rings. The number of piperazine rings is 1. The molecule has 1 fully saturated rings. The fourth-order valence-electron chi connectivity index (χ4n) is 3.11. The van der Waals surface area contributed by atoms with Gasteiger partial charge >= 0.3 is 0 Å². The average Bonchev–Trinajstić information content (AvgIpc) is 3.10. The third-order valence-electron chi connectivity index (χ3n) is 4.30. The van der Waals surface area contributed by atoms with Gasteiger partial charge in [0, 0.05) is 38.4 Å². The molecule has 1 N–H and O–H groups in total. The Balaban J connectivity index is 1.53. The van der Waals surface area contributed by atoms with E-state index in [0.717, 1.165) is 29.9 Å². The zero-order chi connectivity index (χ0) is 17.4. The van der Waals surface area contributed by atoms with Crippen LogP contribution >= 0.6 is 0 Å². The summed E-state index contributed by atoms with van der Waals surface area (Å²) in [4.78, 5) is 24.0. The molecule has 25 heavy (non-hydrogen) atoms. The lowest BCUT2D eigenvalue weighted by molar-refractivity contribution is 0.145. The maximum Gasteiger partial charge on any atom is 0.280 e. The standard InChI is InChI=1S/C16H17F2N7/c1-10-22-12(14(17)18)8-13(23-10)24-4-6-25(7-5-24)16-11-2-3-19-15(11)20-9-21-16/h2-3,8-9,14H,4-7H2,1H3,(H,19,20,21). The summed E-state index contributed by atoms with van der Waals surface area (Å²) in [7, 11) is 0. The number of halogens is 2. The van der Waals surface area contributed by atoms with Crippen molar-refractivity contribution in [2.24, 2.45) is 0 Å². The number of aryl methyl sites for hydroxylation is 1. The van der Waals surface area contributed by atoms with Crippen LogP contribution in [0.4, 0.5) is 20.4 Å². The smallest absolute Gasteiger partial charge is 0.280 e. The van der Waals surface area contributed by atoms with Gasteiger partial charge in [0.1, 0.15) is 35.1 Å². The predicted octanol–water partition coefficient (Wildman–Crippen LogP) is 2.32. The van der Waals surface area contributed by atoms with Crippen LogP contribution in [0.5, 0.6) is 0 Å². The lowest BCUT2D eigenvalue weighted by Gasteiger charge is -2.36. The topological polar surface area (TPSA) is 73.8 Å². The van der Waals surface area contributed by atoms with Crippen LogP contribution in [0.25, 0.3) is 11.0 Å². The summed E-state index contributed by atoms with van der Waals surface area (Å²) >= 11 is 0. The molecule has 0 atom stereocenters. The highest BCUT2D eigenvalue weighted by atomic mass is 19.3. The molecular formula is C16H17F2N7. The minimum Gasteiger partial charge on any atom is -0.353 e. The monoisotopic (exact) mass is 345 g/mol. The predicted molar refractivity (Wildman–Crippen MR) is 90.0 cm³/mol. The largest absolute Gasteiger partial charge is 0.353 e. The fraction of sp³-hybridized carbons (Fsp3) is 0.375. The Hall–Kier alpha value is -2.84. The minimum absolute atomic E-state index is 0.227. The van der Waals surface area contributed by atoms with Crippen molar-refractivity contribution in [2.75, 3.05) is 36.0 Å². The van der Waals surface area contributed by atoms with Crippen molar-refractivity contribution in [3.8, 4) is 0 Å². The van der Waals surface area contributed by atoms with E-state index in [0.29, 0.717) is 24.7 Å². The molecule has 1 saturated heterocycles. The van der Waals surface area contributed by atoms with Gasteiger partial charge in [0.05, 0.1) is 5.39 Å². The third-order valence-corrected chi connectivity index (χ3v) is 4.30. The van der Waals surface area contributed by atoms with Gasteiger partial charge < -0.3 is 14.8 Å². The second kappa shape index (κ2) is 6.23. The number of aromatic nitrogens is 5. The normalized spacial score (nSPS) is 15.4. The maximum atomic E-state index is 13.0. The number of fused-ring (bicyclic) bond motifs is 1. The molecule has 0 spiro atoms. The number of nitrogens with zero attached hydrogens (tertiary/aromatic N) is 6. The van der Waals surface area contributed by atoms with Crippen molar-refractivity contribution in [1.29, 1.82) is 0 Å². The van der Waals surface area contributed by atoms with Crippen LogP contribution in [-0.2, 0) is 0 Å². The Morgan fingerprint density at radius 1 is 1.08 bits per heavy atom. The molecule has 1 aliphatic rings. The van der Waals surface area contributed by atoms with Crippen molar-refractivity contribution in [1.82, 2.24) is 24.9 Å². The molecule has 1 aliphatic heterocycles.